The lowest BCUT2D eigenvalue weighted by atomic mass is 9.94. The molecule has 27 heavy (non-hydrogen) atoms. The summed E-state index contributed by atoms with van der Waals surface area (Å²) in [5, 5.41) is 2.71. The lowest BCUT2D eigenvalue weighted by Gasteiger charge is -2.24. The van der Waals surface area contributed by atoms with E-state index in [-0.39, 0.29) is 16.4 Å². The lowest BCUT2D eigenvalue weighted by molar-refractivity contribution is -0.137. The number of halogens is 3. The Kier molecular flexibility index (Phi) is 5.99. The van der Waals surface area contributed by atoms with Crippen LogP contribution in [0.2, 0.25) is 0 Å². The molecule has 146 valence electrons. The normalized spacial score (nSPS) is 13.4. The number of nitrogens with one attached hydrogen (secondary N) is 1. The molecule has 1 N–H and O–H groups in total. The molecule has 1 amide bonds. The molecular formula is C19H20F3NO3S. The number of hydrogen-bond acceptors (Lipinski definition) is 3. The number of sulfone groups is 1. The first kappa shape index (κ1) is 21.0. The van der Waals surface area contributed by atoms with Crippen molar-refractivity contribution in [2.24, 2.45) is 5.92 Å². The summed E-state index contributed by atoms with van der Waals surface area (Å²) < 4.78 is 62.2. The Morgan fingerprint density at radius 1 is 1.04 bits per heavy atom. The molecule has 0 saturated heterocycles. The molecule has 1 atom stereocenters. The molecule has 2 rings (SSSR count). The van der Waals surface area contributed by atoms with Gasteiger partial charge in [0.05, 0.1) is 16.5 Å². The third kappa shape index (κ3) is 5.32. The Hall–Kier alpha value is -2.35. The van der Waals surface area contributed by atoms with E-state index >= 15 is 0 Å². The van der Waals surface area contributed by atoms with Crippen molar-refractivity contribution in [3.63, 3.8) is 0 Å². The summed E-state index contributed by atoms with van der Waals surface area (Å²) in [4.78, 5) is 12.6. The van der Waals surface area contributed by atoms with Gasteiger partial charge < -0.3 is 5.32 Å². The third-order valence-electron chi connectivity index (χ3n) is 4.05. The molecule has 0 bridgehead atoms. The van der Waals surface area contributed by atoms with Gasteiger partial charge in [-0.1, -0.05) is 32.0 Å². The van der Waals surface area contributed by atoms with Crippen LogP contribution in [0.5, 0.6) is 0 Å². The van der Waals surface area contributed by atoms with Crippen molar-refractivity contribution in [2.45, 2.75) is 31.0 Å². The fourth-order valence-electron chi connectivity index (χ4n) is 2.64. The number of hydrogen-bond donors (Lipinski definition) is 1. The second-order valence-corrected chi connectivity index (χ2v) is 8.63. The van der Waals surface area contributed by atoms with E-state index in [1.54, 1.807) is 13.8 Å². The number of carbonyl (C=O) groups excluding carboxylic acids is 1. The van der Waals surface area contributed by atoms with Crippen LogP contribution in [-0.2, 0) is 16.0 Å². The molecule has 0 spiro atoms. The molecule has 0 saturated carbocycles. The first-order valence-electron chi connectivity index (χ1n) is 8.17. The molecule has 1 unspecified atom stereocenters. The number of rotatable bonds is 5. The average Bonchev–Trinajstić information content (AvgIpc) is 2.58. The maximum Gasteiger partial charge on any atom is 0.416 e. The van der Waals surface area contributed by atoms with E-state index in [9.17, 15) is 26.4 Å². The highest BCUT2D eigenvalue weighted by atomic mass is 32.2. The molecule has 8 heteroatoms. The monoisotopic (exact) mass is 399 g/mol. The maximum absolute atomic E-state index is 13.0. The van der Waals surface area contributed by atoms with Crippen molar-refractivity contribution >= 4 is 15.7 Å². The molecule has 0 radical (unpaired) electrons. The molecule has 4 nitrogen and oxygen atoms in total. The van der Waals surface area contributed by atoms with Crippen molar-refractivity contribution < 1.29 is 26.4 Å². The second-order valence-electron chi connectivity index (χ2n) is 6.62. The van der Waals surface area contributed by atoms with Gasteiger partial charge in [0.15, 0.2) is 9.84 Å². The van der Waals surface area contributed by atoms with Gasteiger partial charge in [0.25, 0.3) is 5.91 Å². The van der Waals surface area contributed by atoms with Crippen LogP contribution in [0.1, 0.15) is 41.4 Å². The highest BCUT2D eigenvalue weighted by molar-refractivity contribution is 7.90. The van der Waals surface area contributed by atoms with Gasteiger partial charge in [0.1, 0.15) is 0 Å². The number of alkyl halides is 3. The summed E-state index contributed by atoms with van der Waals surface area (Å²) >= 11 is 0. The predicted octanol–water partition coefficient (Wildman–Crippen LogP) is 4.24. The van der Waals surface area contributed by atoms with Gasteiger partial charge in [0, 0.05) is 11.8 Å². The predicted molar refractivity (Wildman–Crippen MR) is 96.0 cm³/mol. The molecule has 0 aliphatic rings. The first-order chi connectivity index (χ1) is 12.4. The smallest absolute Gasteiger partial charge is 0.345 e. The van der Waals surface area contributed by atoms with E-state index < -0.39 is 33.5 Å². The number of carbonyl (C=O) groups is 1. The Bertz CT molecular complexity index is 937. The van der Waals surface area contributed by atoms with Crippen LogP contribution in [-0.4, -0.2) is 20.6 Å². The quantitative estimate of drug-likeness (QED) is 0.818. The molecular weight excluding hydrogens is 379 g/mol. The minimum Gasteiger partial charge on any atom is -0.345 e. The molecule has 0 aromatic heterocycles. The standard InChI is InChI=1S/C19H20F3NO3S/c1-12(2)17(13-6-4-8-15(10-13)19(20,21)22)23-18(24)14-7-5-9-16(11-14)27(3,25)26/h4-12,17H,1-3H3,(H,23,24). The van der Waals surface area contributed by atoms with Gasteiger partial charge in [-0.2, -0.15) is 13.2 Å². The SMILES string of the molecule is CC(C)C(NC(=O)c1cccc(S(C)(=O)=O)c1)c1cccc(C(F)(F)F)c1. The van der Waals surface area contributed by atoms with Gasteiger partial charge in [-0.05, 0) is 41.8 Å². The van der Waals surface area contributed by atoms with Crippen LogP contribution < -0.4 is 5.32 Å². The molecule has 0 aliphatic carbocycles. The van der Waals surface area contributed by atoms with E-state index in [1.165, 1.54) is 36.4 Å². The summed E-state index contributed by atoms with van der Waals surface area (Å²) in [6, 6.07) is 9.65. The van der Waals surface area contributed by atoms with Gasteiger partial charge in [0.2, 0.25) is 0 Å². The van der Waals surface area contributed by atoms with Crippen LogP contribution in [0, 0.1) is 5.92 Å². The Labute approximate surface area is 156 Å². The van der Waals surface area contributed by atoms with Crippen molar-refractivity contribution in [3.05, 3.63) is 65.2 Å². The summed E-state index contributed by atoms with van der Waals surface area (Å²) in [6.45, 7) is 3.55. The van der Waals surface area contributed by atoms with E-state index in [0.717, 1.165) is 18.4 Å². The van der Waals surface area contributed by atoms with Crippen molar-refractivity contribution in [2.75, 3.05) is 6.26 Å². The van der Waals surface area contributed by atoms with Gasteiger partial charge in [-0.3, -0.25) is 4.79 Å². The number of amides is 1. The fourth-order valence-corrected chi connectivity index (χ4v) is 3.30. The van der Waals surface area contributed by atoms with E-state index in [1.807, 2.05) is 0 Å². The highest BCUT2D eigenvalue weighted by Crippen LogP contribution is 2.32. The largest absolute Gasteiger partial charge is 0.416 e. The summed E-state index contributed by atoms with van der Waals surface area (Å²) in [5.74, 6) is -0.743. The van der Waals surface area contributed by atoms with Crippen molar-refractivity contribution in [1.29, 1.82) is 0 Å². The van der Waals surface area contributed by atoms with Gasteiger partial charge >= 0.3 is 6.18 Å². The zero-order chi connectivity index (χ0) is 20.4. The number of benzene rings is 2. The topological polar surface area (TPSA) is 63.2 Å². The zero-order valence-corrected chi connectivity index (χ0v) is 15.9. The Morgan fingerprint density at radius 2 is 1.67 bits per heavy atom. The van der Waals surface area contributed by atoms with Crippen LogP contribution in [0.15, 0.2) is 53.4 Å². The van der Waals surface area contributed by atoms with Crippen LogP contribution in [0.3, 0.4) is 0 Å². The highest BCUT2D eigenvalue weighted by Gasteiger charge is 2.31. The van der Waals surface area contributed by atoms with Crippen LogP contribution in [0.4, 0.5) is 13.2 Å². The third-order valence-corrected chi connectivity index (χ3v) is 5.16. The Balaban J connectivity index is 2.34. The minimum absolute atomic E-state index is 0.00434. The van der Waals surface area contributed by atoms with Crippen LogP contribution >= 0.6 is 0 Å². The maximum atomic E-state index is 13.0. The van der Waals surface area contributed by atoms with E-state index in [0.29, 0.717) is 5.56 Å². The van der Waals surface area contributed by atoms with Gasteiger partial charge in [-0.15, -0.1) is 0 Å². The molecule has 0 heterocycles. The second kappa shape index (κ2) is 7.72. The summed E-state index contributed by atoms with van der Waals surface area (Å²) in [7, 11) is -3.48. The fraction of sp³-hybridized carbons (Fsp3) is 0.316. The van der Waals surface area contributed by atoms with Crippen molar-refractivity contribution in [1.82, 2.24) is 5.32 Å². The first-order valence-corrected chi connectivity index (χ1v) is 10.1. The van der Waals surface area contributed by atoms with E-state index in [2.05, 4.69) is 5.32 Å². The summed E-state index contributed by atoms with van der Waals surface area (Å²) in [6.07, 6.45) is -3.45. The van der Waals surface area contributed by atoms with Gasteiger partial charge in [-0.25, -0.2) is 8.42 Å². The minimum atomic E-state index is -4.48. The molecule has 2 aromatic rings. The molecule has 0 fully saturated rings. The van der Waals surface area contributed by atoms with Crippen LogP contribution in [0.25, 0.3) is 0 Å². The molecule has 2 aromatic carbocycles. The Morgan fingerprint density at radius 3 is 2.22 bits per heavy atom. The molecule has 0 aliphatic heterocycles. The summed E-state index contributed by atoms with van der Waals surface area (Å²) in [5.41, 5.74) is -0.345. The lowest BCUT2D eigenvalue weighted by Crippen LogP contribution is -2.32. The van der Waals surface area contributed by atoms with E-state index in [4.69, 9.17) is 0 Å². The zero-order valence-electron chi connectivity index (χ0n) is 15.0. The average molecular weight is 399 g/mol. The van der Waals surface area contributed by atoms with Crippen molar-refractivity contribution in [3.8, 4) is 0 Å².